The van der Waals surface area contributed by atoms with E-state index in [1.165, 1.54) is 6.42 Å². The van der Waals surface area contributed by atoms with E-state index in [1.54, 1.807) is 12.3 Å². The molecular weight excluding hydrogens is 298 g/mol. The first kappa shape index (κ1) is 18.9. The smallest absolute Gasteiger partial charge is 0.253 e. The number of hydrogen-bond donors (Lipinski definition) is 1. The van der Waals surface area contributed by atoms with E-state index in [9.17, 15) is 4.79 Å². The summed E-state index contributed by atoms with van der Waals surface area (Å²) in [6, 6.07) is 3.60. The quantitative estimate of drug-likeness (QED) is 0.908. The minimum atomic E-state index is 0. The Bertz CT molecular complexity index is 499. The van der Waals surface area contributed by atoms with Crippen LogP contribution in [0.15, 0.2) is 18.3 Å². The molecule has 0 spiro atoms. The summed E-state index contributed by atoms with van der Waals surface area (Å²) in [5.74, 6) is 0.800. The fraction of sp³-hybridized carbons (Fsp3) is 0.647. The lowest BCUT2D eigenvalue weighted by atomic mass is 9.77. The molecule has 4 nitrogen and oxygen atoms in total. The van der Waals surface area contributed by atoms with Crippen LogP contribution in [-0.2, 0) is 6.54 Å². The van der Waals surface area contributed by atoms with Crippen LogP contribution in [0.3, 0.4) is 0 Å². The van der Waals surface area contributed by atoms with Gasteiger partial charge in [-0.2, -0.15) is 0 Å². The molecule has 2 heterocycles. The van der Waals surface area contributed by atoms with Crippen molar-refractivity contribution in [3.05, 3.63) is 29.6 Å². The first-order valence-electron chi connectivity index (χ1n) is 7.86. The van der Waals surface area contributed by atoms with E-state index >= 15 is 0 Å². The predicted molar refractivity (Wildman–Crippen MR) is 92.1 cm³/mol. The molecule has 2 rings (SSSR count). The molecule has 1 unspecified atom stereocenters. The minimum Gasteiger partial charge on any atom is -0.339 e. The van der Waals surface area contributed by atoms with Gasteiger partial charge >= 0.3 is 0 Å². The van der Waals surface area contributed by atoms with Crippen LogP contribution < -0.4 is 5.73 Å². The molecule has 0 aromatic carbocycles. The van der Waals surface area contributed by atoms with Crippen LogP contribution in [0.4, 0.5) is 0 Å². The molecule has 2 N–H and O–H groups in total. The van der Waals surface area contributed by atoms with E-state index in [4.69, 9.17) is 5.73 Å². The van der Waals surface area contributed by atoms with E-state index in [0.717, 1.165) is 31.6 Å². The molecule has 1 aromatic rings. The maximum absolute atomic E-state index is 12.6. The molecule has 5 heteroatoms. The van der Waals surface area contributed by atoms with Crippen molar-refractivity contribution in [2.75, 3.05) is 13.1 Å². The third-order valence-electron chi connectivity index (χ3n) is 4.51. The number of hydrogen-bond acceptors (Lipinski definition) is 3. The van der Waals surface area contributed by atoms with Crippen molar-refractivity contribution in [2.24, 2.45) is 17.1 Å². The van der Waals surface area contributed by atoms with Gasteiger partial charge in [-0.3, -0.25) is 9.78 Å². The summed E-state index contributed by atoms with van der Waals surface area (Å²) in [5.41, 5.74) is 7.40. The van der Waals surface area contributed by atoms with Crippen molar-refractivity contribution < 1.29 is 4.79 Å². The summed E-state index contributed by atoms with van der Waals surface area (Å²) in [6.07, 6.45) is 5.05. The first-order valence-corrected chi connectivity index (χ1v) is 7.86. The van der Waals surface area contributed by atoms with Crippen LogP contribution in [-0.4, -0.2) is 28.9 Å². The standard InChI is InChI=1S/C17H27N3O.ClH/c1-17(2,3)14-5-4-9-20(10-7-14)16(21)13-6-8-19-15(11-13)12-18;/h6,8,11,14H,4-5,7,9-10,12,18H2,1-3H3;1H. The zero-order chi connectivity index (χ0) is 15.5. The first-order chi connectivity index (χ1) is 9.91. The number of amides is 1. The van der Waals surface area contributed by atoms with Gasteiger partial charge in [0.15, 0.2) is 0 Å². The van der Waals surface area contributed by atoms with Crippen molar-refractivity contribution in [1.82, 2.24) is 9.88 Å². The zero-order valence-electron chi connectivity index (χ0n) is 13.8. The zero-order valence-corrected chi connectivity index (χ0v) is 14.7. The Balaban J connectivity index is 0.00000242. The van der Waals surface area contributed by atoms with Gasteiger partial charge in [0.1, 0.15) is 0 Å². The molecule has 1 amide bonds. The van der Waals surface area contributed by atoms with Crippen molar-refractivity contribution in [1.29, 1.82) is 0 Å². The Morgan fingerprint density at radius 2 is 2.09 bits per heavy atom. The summed E-state index contributed by atoms with van der Waals surface area (Å²) in [5, 5.41) is 0. The second-order valence-electron chi connectivity index (χ2n) is 7.03. The van der Waals surface area contributed by atoms with E-state index in [-0.39, 0.29) is 18.3 Å². The van der Waals surface area contributed by atoms with E-state index < -0.39 is 0 Å². The van der Waals surface area contributed by atoms with E-state index in [0.29, 0.717) is 23.4 Å². The summed E-state index contributed by atoms with van der Waals surface area (Å²) >= 11 is 0. The number of aromatic nitrogens is 1. The summed E-state index contributed by atoms with van der Waals surface area (Å²) in [4.78, 5) is 18.8. The topological polar surface area (TPSA) is 59.2 Å². The van der Waals surface area contributed by atoms with Gasteiger partial charge in [-0.05, 0) is 42.7 Å². The minimum absolute atomic E-state index is 0. The lowest BCUT2D eigenvalue weighted by Crippen LogP contribution is -2.32. The van der Waals surface area contributed by atoms with Crippen LogP contribution in [0.2, 0.25) is 0 Å². The average molecular weight is 326 g/mol. The highest BCUT2D eigenvalue weighted by atomic mass is 35.5. The highest BCUT2D eigenvalue weighted by Gasteiger charge is 2.28. The molecule has 1 aliphatic rings. The van der Waals surface area contributed by atoms with Gasteiger partial charge in [0.2, 0.25) is 0 Å². The monoisotopic (exact) mass is 325 g/mol. The molecule has 1 saturated heterocycles. The molecule has 0 bridgehead atoms. The number of halogens is 1. The predicted octanol–water partition coefficient (Wildman–Crippen LogP) is 3.25. The highest BCUT2D eigenvalue weighted by molar-refractivity contribution is 5.94. The Hall–Kier alpha value is -1.13. The van der Waals surface area contributed by atoms with Gasteiger partial charge in [0.05, 0.1) is 5.69 Å². The fourth-order valence-corrected chi connectivity index (χ4v) is 3.07. The Morgan fingerprint density at radius 1 is 1.36 bits per heavy atom. The fourth-order valence-electron chi connectivity index (χ4n) is 3.07. The summed E-state index contributed by atoms with van der Waals surface area (Å²) < 4.78 is 0. The number of carbonyl (C=O) groups excluding carboxylic acids is 1. The van der Waals surface area contributed by atoms with Gasteiger partial charge in [-0.1, -0.05) is 20.8 Å². The average Bonchev–Trinajstić information content (AvgIpc) is 2.72. The molecule has 1 aromatic heterocycles. The Morgan fingerprint density at radius 3 is 2.73 bits per heavy atom. The lowest BCUT2D eigenvalue weighted by molar-refractivity contribution is 0.0755. The van der Waals surface area contributed by atoms with Crippen molar-refractivity contribution >= 4 is 18.3 Å². The number of rotatable bonds is 2. The second-order valence-corrected chi connectivity index (χ2v) is 7.03. The number of carbonyl (C=O) groups is 1. The number of likely N-dealkylation sites (tertiary alicyclic amines) is 1. The van der Waals surface area contributed by atoms with Crippen molar-refractivity contribution in [3.8, 4) is 0 Å². The molecule has 1 atom stereocenters. The van der Waals surface area contributed by atoms with Gasteiger partial charge in [-0.15, -0.1) is 12.4 Å². The second kappa shape index (κ2) is 7.93. The summed E-state index contributed by atoms with van der Waals surface area (Å²) in [6.45, 7) is 8.96. The van der Waals surface area contributed by atoms with E-state index in [2.05, 4.69) is 25.8 Å². The van der Waals surface area contributed by atoms with Gasteiger partial charge in [-0.25, -0.2) is 0 Å². The maximum atomic E-state index is 12.6. The van der Waals surface area contributed by atoms with Gasteiger partial charge < -0.3 is 10.6 Å². The summed E-state index contributed by atoms with van der Waals surface area (Å²) in [7, 11) is 0. The molecule has 1 aliphatic heterocycles. The van der Waals surface area contributed by atoms with Crippen molar-refractivity contribution in [3.63, 3.8) is 0 Å². The number of nitrogens with two attached hydrogens (primary N) is 1. The molecule has 1 fully saturated rings. The third-order valence-corrected chi connectivity index (χ3v) is 4.51. The molecule has 0 aliphatic carbocycles. The number of nitrogens with zero attached hydrogens (tertiary/aromatic N) is 2. The van der Waals surface area contributed by atoms with E-state index in [1.807, 2.05) is 11.0 Å². The highest BCUT2D eigenvalue weighted by Crippen LogP contribution is 2.34. The Kier molecular flexibility index (Phi) is 6.82. The normalized spacial score (nSPS) is 19.3. The molecule has 22 heavy (non-hydrogen) atoms. The lowest BCUT2D eigenvalue weighted by Gasteiger charge is -2.29. The van der Waals surface area contributed by atoms with Gasteiger partial charge in [0, 0.05) is 31.4 Å². The molecule has 124 valence electrons. The number of pyridine rings is 1. The maximum Gasteiger partial charge on any atom is 0.253 e. The van der Waals surface area contributed by atoms with Crippen LogP contribution in [0, 0.1) is 11.3 Å². The third kappa shape index (κ3) is 4.68. The largest absolute Gasteiger partial charge is 0.339 e. The van der Waals surface area contributed by atoms with Crippen molar-refractivity contribution in [2.45, 2.75) is 46.6 Å². The molecular formula is C17H28ClN3O. The van der Waals surface area contributed by atoms with Crippen LogP contribution >= 0.6 is 12.4 Å². The molecule has 0 saturated carbocycles. The SMILES string of the molecule is CC(C)(C)C1CCCN(C(=O)c2ccnc(CN)c2)CC1.Cl. The van der Waals surface area contributed by atoms with Crippen LogP contribution in [0.25, 0.3) is 0 Å². The van der Waals surface area contributed by atoms with Crippen LogP contribution in [0.1, 0.15) is 56.1 Å². The Labute approximate surface area is 139 Å². The molecule has 0 radical (unpaired) electrons. The van der Waals surface area contributed by atoms with Gasteiger partial charge in [0.25, 0.3) is 5.91 Å². The van der Waals surface area contributed by atoms with Crippen LogP contribution in [0.5, 0.6) is 0 Å².